The molecule has 0 aliphatic rings. The molecule has 214 valence electrons. The molecule has 0 radical (unpaired) electrons. The number of benzene rings is 3. The summed E-state index contributed by atoms with van der Waals surface area (Å²) in [6, 6.07) is 4.75. The summed E-state index contributed by atoms with van der Waals surface area (Å²) in [5, 5.41) is 9.89. The van der Waals surface area contributed by atoms with Crippen molar-refractivity contribution in [2.45, 2.75) is 50.9 Å². The molecule has 0 N–H and O–H groups in total. The van der Waals surface area contributed by atoms with Crippen molar-refractivity contribution in [1.82, 2.24) is 0 Å². The van der Waals surface area contributed by atoms with Gasteiger partial charge in [-0.2, -0.15) is 57.9 Å². The van der Waals surface area contributed by atoms with Crippen LogP contribution in [0.1, 0.15) is 54.2 Å². The van der Waals surface area contributed by atoms with Crippen molar-refractivity contribution >= 4 is 0 Å². The summed E-state index contributed by atoms with van der Waals surface area (Å²) in [6.45, 7) is 4.63. The molecule has 0 heterocycles. The molecular formula is C27H17F12N. The zero-order valence-corrected chi connectivity index (χ0v) is 20.6. The molecule has 3 rings (SSSR count). The van der Waals surface area contributed by atoms with E-state index in [1.54, 1.807) is 26.8 Å². The van der Waals surface area contributed by atoms with Crippen LogP contribution in [0.15, 0.2) is 48.5 Å². The van der Waals surface area contributed by atoms with E-state index >= 15 is 0 Å². The molecule has 0 unspecified atom stereocenters. The van der Waals surface area contributed by atoms with Gasteiger partial charge in [0.15, 0.2) is 0 Å². The van der Waals surface area contributed by atoms with Gasteiger partial charge in [0.25, 0.3) is 0 Å². The lowest BCUT2D eigenvalue weighted by Gasteiger charge is -2.24. The molecule has 0 fully saturated rings. The van der Waals surface area contributed by atoms with Crippen LogP contribution in [0.25, 0.3) is 22.3 Å². The zero-order valence-electron chi connectivity index (χ0n) is 20.6. The highest BCUT2D eigenvalue weighted by Gasteiger charge is 2.39. The topological polar surface area (TPSA) is 23.8 Å². The van der Waals surface area contributed by atoms with E-state index in [1.165, 1.54) is 0 Å². The van der Waals surface area contributed by atoms with Crippen molar-refractivity contribution in [3.05, 3.63) is 81.9 Å². The van der Waals surface area contributed by atoms with E-state index in [0.717, 1.165) is 12.1 Å². The fraction of sp³-hybridized carbons (Fsp3) is 0.296. The molecule has 0 atom stereocenters. The highest BCUT2D eigenvalue weighted by molar-refractivity contribution is 5.84. The van der Waals surface area contributed by atoms with E-state index in [0.29, 0.717) is 24.3 Å². The van der Waals surface area contributed by atoms with Crippen molar-refractivity contribution < 1.29 is 52.7 Å². The number of rotatable bonds is 2. The predicted molar refractivity (Wildman–Crippen MR) is 121 cm³/mol. The standard InChI is InChI=1S/C27H17F12N/c1-23(2,3)15-10-20(13-4-16(24(28,29)30)8-17(5-13)25(31,32)33)22(12-40)21(11-15)14-6-18(26(34,35)36)9-19(7-14)27(37,38)39/h4-11H,1-3H3. The van der Waals surface area contributed by atoms with Crippen LogP contribution in [-0.2, 0) is 30.1 Å². The first-order chi connectivity index (χ1) is 17.9. The summed E-state index contributed by atoms with van der Waals surface area (Å²) in [4.78, 5) is 0. The number of halogens is 12. The third kappa shape index (κ3) is 6.54. The molecule has 3 aromatic rings. The lowest BCUT2D eigenvalue weighted by atomic mass is 9.80. The van der Waals surface area contributed by atoms with E-state index in [-0.39, 0.29) is 17.7 Å². The maximum absolute atomic E-state index is 13.5. The molecular weight excluding hydrogens is 566 g/mol. The second-order valence-electron chi connectivity index (χ2n) is 9.90. The summed E-state index contributed by atoms with van der Waals surface area (Å²) in [6.07, 6.45) is -21.0. The van der Waals surface area contributed by atoms with Gasteiger partial charge in [-0.15, -0.1) is 0 Å². The average molecular weight is 583 g/mol. The Morgan fingerprint density at radius 3 is 0.925 bits per heavy atom. The quantitative estimate of drug-likeness (QED) is 0.276. The maximum atomic E-state index is 13.5. The Bertz CT molecular complexity index is 1310. The van der Waals surface area contributed by atoms with E-state index in [1.807, 2.05) is 0 Å². The molecule has 13 heteroatoms. The van der Waals surface area contributed by atoms with Crippen molar-refractivity contribution in [2.24, 2.45) is 0 Å². The smallest absolute Gasteiger partial charge is 0.192 e. The van der Waals surface area contributed by atoms with Crippen LogP contribution in [0.5, 0.6) is 0 Å². The third-order valence-electron chi connectivity index (χ3n) is 5.91. The minimum atomic E-state index is -5.25. The molecule has 0 amide bonds. The summed E-state index contributed by atoms with van der Waals surface area (Å²) in [5.41, 5.74) is -11.0. The van der Waals surface area contributed by atoms with Gasteiger partial charge in [0.05, 0.1) is 27.8 Å². The Morgan fingerprint density at radius 1 is 0.450 bits per heavy atom. The first kappa shape index (κ1) is 30.8. The van der Waals surface area contributed by atoms with Crippen LogP contribution in [-0.4, -0.2) is 0 Å². The number of hydrogen-bond donors (Lipinski definition) is 0. The van der Waals surface area contributed by atoms with E-state index < -0.39 is 80.2 Å². The molecule has 0 bridgehead atoms. The molecule has 1 nitrogen and oxygen atoms in total. The Labute approximate surface area is 219 Å². The third-order valence-corrected chi connectivity index (χ3v) is 5.91. The second-order valence-corrected chi connectivity index (χ2v) is 9.90. The lowest BCUT2D eigenvalue weighted by Crippen LogP contribution is -2.14. The van der Waals surface area contributed by atoms with Gasteiger partial charge in [-0.1, -0.05) is 20.8 Å². The molecule has 0 spiro atoms. The first-order valence-electron chi connectivity index (χ1n) is 11.1. The van der Waals surface area contributed by atoms with Crippen LogP contribution >= 0.6 is 0 Å². The highest BCUT2D eigenvalue weighted by Crippen LogP contribution is 2.44. The average Bonchev–Trinajstić information content (AvgIpc) is 2.79. The Balaban J connectivity index is 2.53. The highest BCUT2D eigenvalue weighted by atomic mass is 19.4. The van der Waals surface area contributed by atoms with Crippen LogP contribution in [0.2, 0.25) is 0 Å². The normalized spacial score (nSPS) is 13.3. The number of hydrogen-bond acceptors (Lipinski definition) is 1. The van der Waals surface area contributed by atoms with Gasteiger partial charge in [-0.25, -0.2) is 0 Å². The van der Waals surface area contributed by atoms with E-state index in [9.17, 15) is 57.9 Å². The second kappa shape index (κ2) is 9.74. The monoisotopic (exact) mass is 583 g/mol. The summed E-state index contributed by atoms with van der Waals surface area (Å²) < 4.78 is 162. The van der Waals surface area contributed by atoms with Crippen LogP contribution in [0.3, 0.4) is 0 Å². The maximum Gasteiger partial charge on any atom is 0.416 e. The Hall–Kier alpha value is -3.69. The molecule has 0 saturated carbocycles. The van der Waals surface area contributed by atoms with E-state index in [4.69, 9.17) is 0 Å². The SMILES string of the molecule is CC(C)(C)c1cc(-c2cc(C(F)(F)F)cc(C(F)(F)F)c2)c(C#N)c(-c2cc(C(F)(F)F)cc(C(F)(F)F)c2)c1. The van der Waals surface area contributed by atoms with Crippen molar-refractivity contribution in [2.75, 3.05) is 0 Å². The van der Waals surface area contributed by atoms with Crippen molar-refractivity contribution in [1.29, 1.82) is 5.26 Å². The van der Waals surface area contributed by atoms with E-state index in [2.05, 4.69) is 0 Å². The summed E-state index contributed by atoms with van der Waals surface area (Å²) in [5.74, 6) is 0. The number of nitriles is 1. The van der Waals surface area contributed by atoms with Gasteiger partial charge in [-0.05, 0) is 70.6 Å². The summed E-state index contributed by atoms with van der Waals surface area (Å²) >= 11 is 0. The molecule has 40 heavy (non-hydrogen) atoms. The molecule has 0 aliphatic carbocycles. The minimum Gasteiger partial charge on any atom is -0.192 e. The van der Waals surface area contributed by atoms with Crippen LogP contribution < -0.4 is 0 Å². The van der Waals surface area contributed by atoms with Gasteiger partial charge >= 0.3 is 24.7 Å². The molecule has 0 aromatic heterocycles. The number of alkyl halides is 12. The molecule has 3 aromatic carbocycles. The van der Waals surface area contributed by atoms with Gasteiger partial charge < -0.3 is 0 Å². The Morgan fingerprint density at radius 2 is 0.725 bits per heavy atom. The fourth-order valence-corrected chi connectivity index (χ4v) is 3.87. The summed E-state index contributed by atoms with van der Waals surface area (Å²) in [7, 11) is 0. The predicted octanol–water partition coefficient (Wildman–Crippen LogP) is 10.3. The van der Waals surface area contributed by atoms with Gasteiger partial charge in [-0.3, -0.25) is 0 Å². The van der Waals surface area contributed by atoms with Gasteiger partial charge in [0, 0.05) is 11.1 Å². The van der Waals surface area contributed by atoms with Crippen molar-refractivity contribution in [3.8, 4) is 28.3 Å². The first-order valence-corrected chi connectivity index (χ1v) is 11.1. The van der Waals surface area contributed by atoms with Gasteiger partial charge in [0.2, 0.25) is 0 Å². The molecule has 0 saturated heterocycles. The fourth-order valence-electron chi connectivity index (χ4n) is 3.87. The minimum absolute atomic E-state index is 0.119. The van der Waals surface area contributed by atoms with Crippen LogP contribution in [0, 0.1) is 11.3 Å². The zero-order chi connectivity index (χ0) is 30.6. The lowest BCUT2D eigenvalue weighted by molar-refractivity contribution is -0.144. The Kier molecular flexibility index (Phi) is 7.51. The number of nitrogens with zero attached hydrogens (tertiary/aromatic N) is 1. The van der Waals surface area contributed by atoms with Crippen molar-refractivity contribution in [3.63, 3.8) is 0 Å². The largest absolute Gasteiger partial charge is 0.416 e. The van der Waals surface area contributed by atoms with Crippen LogP contribution in [0.4, 0.5) is 52.7 Å². The molecule has 0 aliphatic heterocycles. The van der Waals surface area contributed by atoms with Gasteiger partial charge in [0.1, 0.15) is 6.07 Å².